The fraction of sp³-hybridized carbons (Fsp3) is 0.583. The lowest BCUT2D eigenvalue weighted by Crippen LogP contribution is -2.30. The molecule has 1 fully saturated rings. The van der Waals surface area contributed by atoms with Crippen LogP contribution in [0, 0.1) is 5.92 Å². The van der Waals surface area contributed by atoms with Crippen molar-refractivity contribution in [2.75, 3.05) is 0 Å². The molecule has 0 amide bonds. The van der Waals surface area contributed by atoms with Crippen molar-refractivity contribution in [2.24, 2.45) is 11.7 Å². The standard InChI is InChI=1S/C12H18N2/c13-12(11-3-1-2-4-11)9-10-5-7-14-8-6-10/h5-8,11-12H,1-4,9,13H2. The van der Waals surface area contributed by atoms with E-state index < -0.39 is 0 Å². The minimum Gasteiger partial charge on any atom is -0.327 e. The Bertz CT molecular complexity index is 265. The molecule has 0 aliphatic heterocycles. The molecule has 2 nitrogen and oxygen atoms in total. The minimum absolute atomic E-state index is 0.347. The number of aromatic nitrogens is 1. The first-order chi connectivity index (χ1) is 6.86. The molecule has 1 aliphatic rings. The molecule has 0 radical (unpaired) electrons. The third-order valence-corrected chi connectivity index (χ3v) is 3.23. The van der Waals surface area contributed by atoms with Gasteiger partial charge in [0.1, 0.15) is 0 Å². The van der Waals surface area contributed by atoms with Crippen LogP contribution in [0.25, 0.3) is 0 Å². The Morgan fingerprint density at radius 1 is 1.29 bits per heavy atom. The molecule has 1 aromatic rings. The molecule has 0 saturated heterocycles. The van der Waals surface area contributed by atoms with E-state index in [1.807, 2.05) is 12.4 Å². The molecule has 1 heterocycles. The summed E-state index contributed by atoms with van der Waals surface area (Å²) >= 11 is 0. The average Bonchev–Trinajstić information content (AvgIpc) is 2.72. The van der Waals surface area contributed by atoms with Crippen LogP contribution in [0.3, 0.4) is 0 Å². The molecule has 1 saturated carbocycles. The summed E-state index contributed by atoms with van der Waals surface area (Å²) in [5.74, 6) is 0.753. The van der Waals surface area contributed by atoms with Crippen LogP contribution < -0.4 is 5.73 Å². The number of nitrogens with zero attached hydrogens (tertiary/aromatic N) is 1. The summed E-state index contributed by atoms with van der Waals surface area (Å²) in [7, 11) is 0. The van der Waals surface area contributed by atoms with E-state index in [4.69, 9.17) is 5.73 Å². The topological polar surface area (TPSA) is 38.9 Å². The predicted molar refractivity (Wildman–Crippen MR) is 57.9 cm³/mol. The van der Waals surface area contributed by atoms with E-state index >= 15 is 0 Å². The highest BCUT2D eigenvalue weighted by molar-refractivity contribution is 5.11. The summed E-state index contributed by atoms with van der Waals surface area (Å²) in [6.07, 6.45) is 10.1. The fourth-order valence-corrected chi connectivity index (χ4v) is 2.34. The summed E-state index contributed by atoms with van der Waals surface area (Å²) in [5, 5.41) is 0. The second-order valence-corrected chi connectivity index (χ2v) is 4.27. The number of rotatable bonds is 3. The maximum Gasteiger partial charge on any atom is 0.0270 e. The minimum atomic E-state index is 0.347. The zero-order valence-corrected chi connectivity index (χ0v) is 8.52. The highest BCUT2D eigenvalue weighted by Crippen LogP contribution is 2.27. The molecule has 1 aromatic heterocycles. The second-order valence-electron chi connectivity index (χ2n) is 4.27. The summed E-state index contributed by atoms with van der Waals surface area (Å²) in [6.45, 7) is 0. The molecule has 1 aliphatic carbocycles. The smallest absolute Gasteiger partial charge is 0.0270 e. The molecule has 0 bridgehead atoms. The number of nitrogens with two attached hydrogens (primary N) is 1. The van der Waals surface area contributed by atoms with Gasteiger partial charge in [-0.15, -0.1) is 0 Å². The van der Waals surface area contributed by atoms with Crippen LogP contribution in [0.1, 0.15) is 31.2 Å². The lowest BCUT2D eigenvalue weighted by Gasteiger charge is -2.18. The van der Waals surface area contributed by atoms with E-state index in [1.165, 1.54) is 31.2 Å². The Labute approximate surface area is 85.5 Å². The molecule has 0 aromatic carbocycles. The first-order valence-corrected chi connectivity index (χ1v) is 5.51. The van der Waals surface area contributed by atoms with Gasteiger partial charge >= 0.3 is 0 Å². The normalized spacial score (nSPS) is 19.8. The molecule has 2 rings (SSSR count). The van der Waals surface area contributed by atoms with Crippen LogP contribution in [0.4, 0.5) is 0 Å². The summed E-state index contributed by atoms with van der Waals surface area (Å²) < 4.78 is 0. The maximum absolute atomic E-state index is 6.19. The van der Waals surface area contributed by atoms with Gasteiger partial charge in [-0.25, -0.2) is 0 Å². The van der Waals surface area contributed by atoms with E-state index in [0.717, 1.165) is 12.3 Å². The summed E-state index contributed by atoms with van der Waals surface area (Å²) in [4.78, 5) is 4.01. The van der Waals surface area contributed by atoms with Gasteiger partial charge in [0.05, 0.1) is 0 Å². The van der Waals surface area contributed by atoms with Gasteiger partial charge in [0.2, 0.25) is 0 Å². The van der Waals surface area contributed by atoms with Crippen molar-refractivity contribution in [3.05, 3.63) is 30.1 Å². The largest absolute Gasteiger partial charge is 0.327 e. The van der Waals surface area contributed by atoms with Gasteiger partial charge in [0, 0.05) is 18.4 Å². The average molecular weight is 190 g/mol. The SMILES string of the molecule is NC(Cc1ccncc1)C1CCCC1. The lowest BCUT2D eigenvalue weighted by atomic mass is 9.93. The van der Waals surface area contributed by atoms with Crippen LogP contribution in [-0.4, -0.2) is 11.0 Å². The molecule has 1 atom stereocenters. The predicted octanol–water partition coefficient (Wildman–Crippen LogP) is 2.14. The van der Waals surface area contributed by atoms with E-state index in [2.05, 4.69) is 17.1 Å². The van der Waals surface area contributed by atoms with E-state index in [-0.39, 0.29) is 0 Å². The van der Waals surface area contributed by atoms with Crippen molar-refractivity contribution in [1.29, 1.82) is 0 Å². The van der Waals surface area contributed by atoms with E-state index in [0.29, 0.717) is 6.04 Å². The Hall–Kier alpha value is -0.890. The van der Waals surface area contributed by atoms with E-state index in [1.54, 1.807) is 0 Å². The molecule has 0 spiro atoms. The molecule has 76 valence electrons. The van der Waals surface area contributed by atoms with Gasteiger partial charge in [-0.1, -0.05) is 12.8 Å². The second kappa shape index (κ2) is 4.56. The Kier molecular flexibility index (Phi) is 3.14. The summed E-state index contributed by atoms with van der Waals surface area (Å²) in [6, 6.07) is 4.48. The van der Waals surface area contributed by atoms with Crippen LogP contribution in [0.5, 0.6) is 0 Å². The van der Waals surface area contributed by atoms with E-state index in [9.17, 15) is 0 Å². The van der Waals surface area contributed by atoms with Crippen molar-refractivity contribution >= 4 is 0 Å². The van der Waals surface area contributed by atoms with Gasteiger partial charge in [0.15, 0.2) is 0 Å². The Morgan fingerprint density at radius 3 is 2.57 bits per heavy atom. The van der Waals surface area contributed by atoms with Gasteiger partial charge in [-0.05, 0) is 42.9 Å². The van der Waals surface area contributed by atoms with Gasteiger partial charge < -0.3 is 5.73 Å². The molecular formula is C12H18N2. The fourth-order valence-electron chi connectivity index (χ4n) is 2.34. The lowest BCUT2D eigenvalue weighted by molar-refractivity contribution is 0.429. The van der Waals surface area contributed by atoms with Crippen molar-refractivity contribution in [3.63, 3.8) is 0 Å². The monoisotopic (exact) mass is 190 g/mol. The quantitative estimate of drug-likeness (QED) is 0.793. The van der Waals surface area contributed by atoms with Gasteiger partial charge in [-0.2, -0.15) is 0 Å². The van der Waals surface area contributed by atoms with Crippen LogP contribution >= 0.6 is 0 Å². The molecule has 2 N–H and O–H groups in total. The van der Waals surface area contributed by atoms with Crippen LogP contribution in [-0.2, 0) is 6.42 Å². The zero-order chi connectivity index (χ0) is 9.80. The van der Waals surface area contributed by atoms with Crippen LogP contribution in [0.15, 0.2) is 24.5 Å². The highest BCUT2D eigenvalue weighted by atomic mass is 14.7. The third-order valence-electron chi connectivity index (χ3n) is 3.23. The Morgan fingerprint density at radius 2 is 1.93 bits per heavy atom. The number of pyridine rings is 1. The zero-order valence-electron chi connectivity index (χ0n) is 8.52. The highest BCUT2D eigenvalue weighted by Gasteiger charge is 2.21. The maximum atomic E-state index is 6.19. The van der Waals surface area contributed by atoms with Crippen molar-refractivity contribution in [3.8, 4) is 0 Å². The molecular weight excluding hydrogens is 172 g/mol. The molecule has 2 heteroatoms. The van der Waals surface area contributed by atoms with Gasteiger partial charge in [-0.3, -0.25) is 4.98 Å². The van der Waals surface area contributed by atoms with Crippen molar-refractivity contribution in [2.45, 2.75) is 38.1 Å². The Balaban J connectivity index is 1.90. The summed E-state index contributed by atoms with van der Waals surface area (Å²) in [5.41, 5.74) is 7.51. The molecule has 14 heavy (non-hydrogen) atoms. The third kappa shape index (κ3) is 2.32. The van der Waals surface area contributed by atoms with Crippen molar-refractivity contribution < 1.29 is 0 Å². The number of hydrogen-bond acceptors (Lipinski definition) is 2. The van der Waals surface area contributed by atoms with Crippen molar-refractivity contribution in [1.82, 2.24) is 4.98 Å². The molecule has 1 unspecified atom stereocenters. The first kappa shape index (κ1) is 9.66. The number of hydrogen-bond donors (Lipinski definition) is 1. The van der Waals surface area contributed by atoms with Crippen LogP contribution in [0.2, 0.25) is 0 Å². The first-order valence-electron chi connectivity index (χ1n) is 5.51. The van der Waals surface area contributed by atoms with Gasteiger partial charge in [0.25, 0.3) is 0 Å².